The quantitative estimate of drug-likeness (QED) is 0.167. The smallest absolute Gasteiger partial charge is 0.394 e. The van der Waals surface area contributed by atoms with Gasteiger partial charge in [0.2, 0.25) is 0 Å². The lowest BCUT2D eigenvalue weighted by Crippen LogP contribution is -2.12. The van der Waals surface area contributed by atoms with Crippen LogP contribution in [-0.4, -0.2) is 4.89 Å². The van der Waals surface area contributed by atoms with Crippen LogP contribution in [0, 0.1) is 13.8 Å². The molecule has 0 saturated carbocycles. The van der Waals surface area contributed by atoms with Gasteiger partial charge in [0.1, 0.15) is 11.5 Å². The Morgan fingerprint density at radius 2 is 0.830 bits per heavy atom. The second-order valence-electron chi connectivity index (χ2n) is 10.4. The third-order valence-corrected chi connectivity index (χ3v) is 8.11. The largest absolute Gasteiger partial charge is 0.584 e. The summed E-state index contributed by atoms with van der Waals surface area (Å²) in [7, 11) is -5.54. The Morgan fingerprint density at radius 1 is 0.511 bits per heavy atom. The standard InChI is InChI=1S/C30H17F12O4P/c1-13-3-7-19(17-9-5-15(27(31,32)33)11-21(17)29(37,38)39)25-23(13)24-14(2)4-8-20(26(24)46-47(43,44)45-25)18-10-6-16(28(34,35)36)12-22(18)30(40,41)42/h3-12H,1-2H3,(H,43,44). The third kappa shape index (κ3) is 6.40. The van der Waals surface area contributed by atoms with E-state index in [4.69, 9.17) is 9.05 Å². The van der Waals surface area contributed by atoms with Gasteiger partial charge >= 0.3 is 32.5 Å². The number of benzene rings is 4. The summed E-state index contributed by atoms with van der Waals surface area (Å²) >= 11 is 0. The summed E-state index contributed by atoms with van der Waals surface area (Å²) in [5, 5.41) is 0. The van der Waals surface area contributed by atoms with Crippen LogP contribution >= 0.6 is 7.82 Å². The highest BCUT2D eigenvalue weighted by atomic mass is 31.2. The van der Waals surface area contributed by atoms with E-state index in [-0.39, 0.29) is 34.4 Å². The fraction of sp³-hybridized carbons (Fsp3) is 0.200. The van der Waals surface area contributed by atoms with Gasteiger partial charge in [-0.3, -0.25) is 4.89 Å². The molecule has 0 bridgehead atoms. The Balaban J connectivity index is 1.87. The Bertz CT molecular complexity index is 1820. The molecule has 250 valence electrons. The van der Waals surface area contributed by atoms with E-state index in [0.717, 1.165) is 12.1 Å². The van der Waals surface area contributed by atoms with Crippen LogP contribution in [0.25, 0.3) is 33.4 Å². The van der Waals surface area contributed by atoms with Crippen LogP contribution in [0.15, 0.2) is 60.7 Å². The van der Waals surface area contributed by atoms with Gasteiger partial charge in [0.25, 0.3) is 0 Å². The van der Waals surface area contributed by atoms with Gasteiger partial charge in [0.05, 0.1) is 22.3 Å². The number of halogens is 12. The van der Waals surface area contributed by atoms with Crippen LogP contribution in [0.2, 0.25) is 0 Å². The predicted octanol–water partition coefficient (Wildman–Crippen LogP) is 11.3. The van der Waals surface area contributed by atoms with E-state index in [9.17, 15) is 62.1 Å². The van der Waals surface area contributed by atoms with Crippen molar-refractivity contribution in [3.63, 3.8) is 0 Å². The molecule has 4 aromatic rings. The first-order valence-electron chi connectivity index (χ1n) is 13.0. The summed E-state index contributed by atoms with van der Waals surface area (Å²) in [6.07, 6.45) is -21.1. The molecule has 4 aromatic carbocycles. The van der Waals surface area contributed by atoms with Crippen LogP contribution in [0.5, 0.6) is 11.5 Å². The lowest BCUT2D eigenvalue weighted by molar-refractivity contribution is -0.144. The monoisotopic (exact) mass is 700 g/mol. The number of hydrogen-bond donors (Lipinski definition) is 1. The number of phosphoric acid groups is 1. The van der Waals surface area contributed by atoms with Crippen LogP contribution in [0.4, 0.5) is 52.7 Å². The molecule has 0 atom stereocenters. The fourth-order valence-corrected chi connectivity index (χ4v) is 6.10. The minimum atomic E-state index is -5.54. The summed E-state index contributed by atoms with van der Waals surface area (Å²) in [6.45, 7) is 2.71. The number of alkyl halides is 12. The van der Waals surface area contributed by atoms with Crippen molar-refractivity contribution < 1.29 is 71.2 Å². The zero-order valence-electron chi connectivity index (χ0n) is 23.4. The number of phosphoric ester groups is 1. The van der Waals surface area contributed by atoms with Crippen molar-refractivity contribution in [3.8, 4) is 44.9 Å². The first kappa shape index (κ1) is 34.2. The lowest BCUT2D eigenvalue weighted by atomic mass is 9.86. The molecule has 0 aromatic heterocycles. The Hall–Kier alpha value is -4.17. The van der Waals surface area contributed by atoms with Crippen molar-refractivity contribution in [3.05, 3.63) is 94.0 Å². The molecule has 0 spiro atoms. The van der Waals surface area contributed by atoms with E-state index < -0.39 is 88.5 Å². The maximum Gasteiger partial charge on any atom is 0.584 e. The molecule has 0 aliphatic carbocycles. The second-order valence-corrected chi connectivity index (χ2v) is 11.7. The van der Waals surface area contributed by atoms with E-state index >= 15 is 0 Å². The van der Waals surface area contributed by atoms with Crippen molar-refractivity contribution >= 4 is 7.82 Å². The van der Waals surface area contributed by atoms with Gasteiger partial charge in [-0.2, -0.15) is 52.7 Å². The maximum atomic E-state index is 14.1. The predicted molar refractivity (Wildman–Crippen MR) is 143 cm³/mol. The second kappa shape index (κ2) is 10.9. The van der Waals surface area contributed by atoms with Gasteiger partial charge in [0.15, 0.2) is 0 Å². The number of fused-ring (bicyclic) bond motifs is 3. The molecule has 0 unspecified atom stereocenters. The first-order chi connectivity index (χ1) is 21.4. The van der Waals surface area contributed by atoms with Crippen molar-refractivity contribution in [1.29, 1.82) is 0 Å². The summed E-state index contributed by atoms with van der Waals surface area (Å²) in [5.74, 6) is -1.55. The molecule has 1 N–H and O–H groups in total. The van der Waals surface area contributed by atoms with Crippen molar-refractivity contribution in [2.75, 3.05) is 0 Å². The minimum absolute atomic E-state index is 0.111. The van der Waals surface area contributed by atoms with Gasteiger partial charge in [-0.25, -0.2) is 4.57 Å². The average Bonchev–Trinajstić information content (AvgIpc) is 3.05. The zero-order valence-corrected chi connectivity index (χ0v) is 24.3. The molecular weight excluding hydrogens is 683 g/mol. The number of hydrogen-bond acceptors (Lipinski definition) is 3. The normalized spacial score (nSPS) is 14.9. The highest BCUT2D eigenvalue weighted by molar-refractivity contribution is 7.48. The van der Waals surface area contributed by atoms with Crippen molar-refractivity contribution in [2.24, 2.45) is 0 Å². The van der Waals surface area contributed by atoms with Crippen LogP contribution in [0.1, 0.15) is 33.4 Å². The summed E-state index contributed by atoms with van der Waals surface area (Å²) in [6, 6.07) is 5.69. The molecule has 0 radical (unpaired) electrons. The van der Waals surface area contributed by atoms with E-state index in [1.165, 1.54) is 26.0 Å². The number of rotatable bonds is 2. The fourth-order valence-electron chi connectivity index (χ4n) is 5.23. The van der Waals surface area contributed by atoms with Gasteiger partial charge in [-0.15, -0.1) is 0 Å². The van der Waals surface area contributed by atoms with E-state index in [1.54, 1.807) is 0 Å². The summed E-state index contributed by atoms with van der Waals surface area (Å²) in [4.78, 5) is 10.7. The van der Waals surface area contributed by atoms with Crippen LogP contribution in [-0.2, 0) is 29.3 Å². The molecule has 1 aliphatic heterocycles. The SMILES string of the molecule is Cc1ccc(-c2ccc(C(F)(F)F)cc2C(F)(F)F)c2c1-c1c(C)ccc(-c3ccc(C(F)(F)F)cc3C(F)(F)F)c1OP(=O)(O)O2. The molecule has 1 aliphatic rings. The molecule has 1 heterocycles. The average molecular weight is 700 g/mol. The maximum absolute atomic E-state index is 14.1. The van der Waals surface area contributed by atoms with Gasteiger partial charge < -0.3 is 9.05 Å². The summed E-state index contributed by atoms with van der Waals surface area (Å²) in [5.41, 5.74) is -10.2. The zero-order chi connectivity index (χ0) is 35.1. The molecule has 0 amide bonds. The highest BCUT2D eigenvalue weighted by Crippen LogP contribution is 2.61. The highest BCUT2D eigenvalue weighted by Gasteiger charge is 2.43. The van der Waals surface area contributed by atoms with E-state index in [1.807, 2.05) is 0 Å². The Labute approximate surface area is 256 Å². The Morgan fingerprint density at radius 3 is 1.13 bits per heavy atom. The van der Waals surface area contributed by atoms with Gasteiger partial charge in [-0.05, 0) is 60.4 Å². The molecular formula is C30H17F12O4P. The van der Waals surface area contributed by atoms with Gasteiger partial charge in [-0.1, -0.05) is 36.4 Å². The third-order valence-electron chi connectivity index (χ3n) is 7.28. The molecule has 17 heteroatoms. The van der Waals surface area contributed by atoms with E-state index in [2.05, 4.69) is 0 Å². The minimum Gasteiger partial charge on any atom is -0.394 e. The van der Waals surface area contributed by atoms with E-state index in [0.29, 0.717) is 24.3 Å². The number of aryl methyl sites for hydroxylation is 2. The first-order valence-corrected chi connectivity index (χ1v) is 14.5. The molecule has 47 heavy (non-hydrogen) atoms. The van der Waals surface area contributed by atoms with Crippen molar-refractivity contribution in [2.45, 2.75) is 38.6 Å². The molecule has 0 saturated heterocycles. The topological polar surface area (TPSA) is 55.8 Å². The van der Waals surface area contributed by atoms with Crippen LogP contribution < -0.4 is 9.05 Å². The molecule has 0 fully saturated rings. The molecule has 5 rings (SSSR count). The Kier molecular flexibility index (Phi) is 7.96. The van der Waals surface area contributed by atoms with Crippen LogP contribution in [0.3, 0.4) is 0 Å². The molecule has 4 nitrogen and oxygen atoms in total. The summed E-state index contributed by atoms with van der Waals surface area (Å²) < 4.78 is 188. The van der Waals surface area contributed by atoms with Crippen molar-refractivity contribution in [1.82, 2.24) is 0 Å². The van der Waals surface area contributed by atoms with Gasteiger partial charge in [0, 0.05) is 22.3 Å². The lowest BCUT2D eigenvalue weighted by Gasteiger charge is -2.21.